The van der Waals surface area contributed by atoms with Crippen molar-refractivity contribution in [2.45, 2.75) is 38.9 Å². The first-order valence-electron chi connectivity index (χ1n) is 12.9. The molecule has 1 aliphatic rings. The summed E-state index contributed by atoms with van der Waals surface area (Å²) in [6.07, 6.45) is 2.58. The molecule has 1 saturated heterocycles. The summed E-state index contributed by atoms with van der Waals surface area (Å²) in [6, 6.07) is 4.30. The number of nitrogens with zero attached hydrogens (tertiary/aromatic N) is 5. The van der Waals surface area contributed by atoms with Gasteiger partial charge in [-0.05, 0) is 48.7 Å². The van der Waals surface area contributed by atoms with Gasteiger partial charge in [0.25, 0.3) is 0 Å². The Labute approximate surface area is 242 Å². The predicted molar refractivity (Wildman–Crippen MR) is 151 cm³/mol. The number of carbonyl (C=O) groups excluding carboxylic acids is 1. The van der Waals surface area contributed by atoms with Gasteiger partial charge in [0.2, 0.25) is 5.91 Å². The number of amides is 1. The van der Waals surface area contributed by atoms with E-state index in [0.29, 0.717) is 11.3 Å². The van der Waals surface area contributed by atoms with Gasteiger partial charge in [-0.2, -0.15) is 0 Å². The first-order chi connectivity index (χ1) is 19.8. The summed E-state index contributed by atoms with van der Waals surface area (Å²) in [4.78, 5) is 49.3. The quantitative estimate of drug-likeness (QED) is 0.260. The van der Waals surface area contributed by atoms with E-state index in [2.05, 4.69) is 16.5 Å². The smallest absolute Gasteiger partial charge is 0.322 e. The minimum absolute atomic E-state index is 0.0897. The number of alkyl halides is 1. The van der Waals surface area contributed by atoms with Crippen molar-refractivity contribution in [3.05, 3.63) is 91.7 Å². The van der Waals surface area contributed by atoms with Crippen LogP contribution in [-0.2, 0) is 11.3 Å². The molecule has 1 aromatic carbocycles. The zero-order valence-corrected chi connectivity index (χ0v) is 23.5. The maximum Gasteiger partial charge on any atom is 0.322 e. The van der Waals surface area contributed by atoms with Gasteiger partial charge < -0.3 is 10.0 Å². The zero-order valence-electron chi connectivity index (χ0n) is 22.8. The monoisotopic (exact) mass is 599 g/mol. The number of halogens is 4. The normalized spacial score (nSPS) is 14.3. The maximum absolute atomic E-state index is 15.7. The van der Waals surface area contributed by atoms with E-state index in [-0.39, 0.29) is 40.9 Å². The lowest BCUT2D eigenvalue weighted by Crippen LogP contribution is -2.63. The topological polar surface area (TPSA) is 110 Å². The molecule has 0 bridgehead atoms. The summed E-state index contributed by atoms with van der Waals surface area (Å²) < 4.78 is 46.8. The van der Waals surface area contributed by atoms with Crippen LogP contribution in [0.4, 0.5) is 13.2 Å². The van der Waals surface area contributed by atoms with Gasteiger partial charge in [0.15, 0.2) is 22.9 Å². The molecule has 5 rings (SSSR count). The van der Waals surface area contributed by atoms with Crippen LogP contribution in [0.15, 0.2) is 52.7 Å². The number of phenolic OH excluding ortho intramolecular Hbond substituents is 1. The van der Waals surface area contributed by atoms with Gasteiger partial charge in [-0.15, -0.1) is 0 Å². The molecule has 9 nitrogen and oxygen atoms in total. The van der Waals surface area contributed by atoms with Crippen LogP contribution < -0.4 is 11.1 Å². The average Bonchev–Trinajstić information content (AvgIpc) is 2.93. The fourth-order valence-electron chi connectivity index (χ4n) is 5.15. The number of rotatable bonds is 6. The lowest BCUT2D eigenvalue weighted by Gasteiger charge is -2.44. The number of hydrogen-bond donors (Lipinski definition) is 1. The number of fused-ring (bicyclic) bond motifs is 1. The molecule has 13 heteroatoms. The molecule has 218 valence electrons. The first-order valence-corrected chi connectivity index (χ1v) is 13.3. The Morgan fingerprint density at radius 2 is 1.86 bits per heavy atom. The van der Waals surface area contributed by atoms with E-state index >= 15 is 4.39 Å². The van der Waals surface area contributed by atoms with Gasteiger partial charge in [0.1, 0.15) is 5.82 Å². The molecule has 0 unspecified atom stereocenters. The second-order valence-corrected chi connectivity index (χ2v) is 10.9. The van der Waals surface area contributed by atoms with E-state index < -0.39 is 57.9 Å². The number of aromatic hydroxyl groups is 1. The number of aryl methyl sites for hydroxylation is 1. The summed E-state index contributed by atoms with van der Waals surface area (Å²) >= 11 is 6.48. The van der Waals surface area contributed by atoms with Gasteiger partial charge in [-0.25, -0.2) is 18.2 Å². The summed E-state index contributed by atoms with van der Waals surface area (Å²) in [6.45, 7) is 7.40. The van der Waals surface area contributed by atoms with Crippen molar-refractivity contribution in [1.82, 2.24) is 24.0 Å². The van der Waals surface area contributed by atoms with Crippen LogP contribution in [0.1, 0.15) is 31.0 Å². The van der Waals surface area contributed by atoms with Crippen LogP contribution in [0.2, 0.25) is 5.02 Å². The lowest BCUT2D eigenvalue weighted by atomic mass is 9.95. The Hall–Kier alpha value is -4.45. The van der Waals surface area contributed by atoms with Crippen molar-refractivity contribution in [3.63, 3.8) is 0 Å². The molecular weight excluding hydrogens is 575 g/mol. The van der Waals surface area contributed by atoms with E-state index in [1.807, 2.05) is 13.8 Å². The maximum atomic E-state index is 15.7. The summed E-state index contributed by atoms with van der Waals surface area (Å²) in [7, 11) is 0. The third-order valence-corrected chi connectivity index (χ3v) is 7.47. The SMILES string of the molecule is C=CC(=O)N1CC(F)(Cn2c(=O)c(=O)n(-c3c(C)ccnc3C(C)C)c3nc(-c4c(F)ccc(F)c4O)c(Cl)cc32)C1. The molecule has 42 heavy (non-hydrogen) atoms. The largest absolute Gasteiger partial charge is 0.504 e. The minimum atomic E-state index is -2.07. The summed E-state index contributed by atoms with van der Waals surface area (Å²) in [5.41, 5.74) is -4.45. The van der Waals surface area contributed by atoms with E-state index in [1.54, 1.807) is 13.0 Å². The third-order valence-electron chi connectivity index (χ3n) is 7.19. The molecule has 1 amide bonds. The molecule has 0 atom stereocenters. The molecular formula is C29H25ClF3N5O4. The van der Waals surface area contributed by atoms with E-state index in [1.165, 1.54) is 17.2 Å². The van der Waals surface area contributed by atoms with Gasteiger partial charge in [-0.1, -0.05) is 32.0 Å². The first kappa shape index (κ1) is 29.1. The molecule has 4 aromatic rings. The van der Waals surface area contributed by atoms with E-state index in [9.17, 15) is 28.3 Å². The number of phenols is 1. The predicted octanol–water partition coefficient (Wildman–Crippen LogP) is 4.41. The summed E-state index contributed by atoms with van der Waals surface area (Å²) in [5.74, 6) is -3.96. The third kappa shape index (κ3) is 4.65. The van der Waals surface area contributed by atoms with Gasteiger partial charge in [-0.3, -0.25) is 28.5 Å². The fourth-order valence-corrected chi connectivity index (χ4v) is 5.39. The Balaban J connectivity index is 1.86. The fraction of sp³-hybridized carbons (Fsp3) is 0.276. The van der Waals surface area contributed by atoms with Crippen molar-refractivity contribution in [2.24, 2.45) is 0 Å². The lowest BCUT2D eigenvalue weighted by molar-refractivity contribution is -0.141. The van der Waals surface area contributed by atoms with Crippen LogP contribution in [0.25, 0.3) is 28.1 Å². The highest BCUT2D eigenvalue weighted by atomic mass is 35.5. The van der Waals surface area contributed by atoms with Crippen molar-refractivity contribution in [1.29, 1.82) is 0 Å². The molecule has 3 aromatic heterocycles. The Kier molecular flexibility index (Phi) is 7.22. The van der Waals surface area contributed by atoms with Crippen molar-refractivity contribution >= 4 is 28.7 Å². The molecule has 4 heterocycles. The molecule has 0 spiro atoms. The molecule has 0 aliphatic carbocycles. The minimum Gasteiger partial charge on any atom is -0.504 e. The van der Waals surface area contributed by atoms with Crippen molar-refractivity contribution in [3.8, 4) is 22.7 Å². The number of pyridine rings is 2. The van der Waals surface area contributed by atoms with Crippen molar-refractivity contribution < 1.29 is 23.1 Å². The van der Waals surface area contributed by atoms with E-state index in [0.717, 1.165) is 27.3 Å². The number of carbonyl (C=O) groups is 1. The molecule has 0 saturated carbocycles. The Morgan fingerprint density at radius 3 is 2.50 bits per heavy atom. The van der Waals surface area contributed by atoms with Crippen LogP contribution in [-0.4, -0.2) is 53.8 Å². The van der Waals surface area contributed by atoms with E-state index in [4.69, 9.17) is 11.6 Å². The number of aromatic nitrogens is 4. The van der Waals surface area contributed by atoms with Gasteiger partial charge in [0, 0.05) is 6.20 Å². The molecule has 1 fully saturated rings. The molecule has 0 radical (unpaired) electrons. The average molecular weight is 600 g/mol. The highest BCUT2D eigenvalue weighted by Gasteiger charge is 2.46. The van der Waals surface area contributed by atoms with Crippen LogP contribution in [0.3, 0.4) is 0 Å². The standard InChI is InChI=1S/C29H25ClF3N5O4/c1-5-20(39)36-11-29(33,12-36)13-37-19-10-16(30)23(21-17(31)6-7-18(32)25(21)40)35-26(19)38(28(42)27(37)41)24-15(4)8-9-34-22(24)14(2)3/h5-10,14,40H,1,11-13H2,2-4H3. The number of benzene rings is 1. The van der Waals surface area contributed by atoms with Crippen LogP contribution >= 0.6 is 11.6 Å². The second-order valence-electron chi connectivity index (χ2n) is 10.5. The number of likely N-dealkylation sites (tertiary alicyclic amines) is 1. The van der Waals surface area contributed by atoms with Gasteiger partial charge in [0.05, 0.1) is 52.8 Å². The number of hydrogen-bond acceptors (Lipinski definition) is 6. The zero-order chi connectivity index (χ0) is 30.7. The highest BCUT2D eigenvalue weighted by molar-refractivity contribution is 6.33. The van der Waals surface area contributed by atoms with Crippen LogP contribution in [0.5, 0.6) is 5.75 Å². The second kappa shape index (κ2) is 10.4. The molecule has 1 aliphatic heterocycles. The van der Waals surface area contributed by atoms with Crippen molar-refractivity contribution in [2.75, 3.05) is 13.1 Å². The van der Waals surface area contributed by atoms with Gasteiger partial charge >= 0.3 is 11.1 Å². The Morgan fingerprint density at radius 1 is 1.19 bits per heavy atom. The van der Waals surface area contributed by atoms with Crippen LogP contribution in [0, 0.1) is 18.6 Å². The highest BCUT2D eigenvalue weighted by Crippen LogP contribution is 2.39. The molecule has 1 N–H and O–H groups in total. The summed E-state index contributed by atoms with van der Waals surface area (Å²) in [5, 5.41) is 10.1. The Bertz CT molecular complexity index is 1910.